The van der Waals surface area contributed by atoms with E-state index in [4.69, 9.17) is 35.4 Å². The van der Waals surface area contributed by atoms with Gasteiger partial charge in [0, 0.05) is 10.7 Å². The largest absolute Gasteiger partial charge is 0.267 e. The fraction of sp³-hybridized carbons (Fsp3) is 0.0769. The van der Waals surface area contributed by atoms with Crippen LogP contribution in [0, 0.1) is 11.7 Å². The number of hydrogen-bond donors (Lipinski definition) is 1. The summed E-state index contributed by atoms with van der Waals surface area (Å²) in [4.78, 5) is 8.24. The highest BCUT2D eigenvalue weighted by molar-refractivity contribution is 7.71. The van der Waals surface area contributed by atoms with E-state index in [1.165, 1.54) is 0 Å². The van der Waals surface area contributed by atoms with Crippen LogP contribution in [-0.2, 0) is 0 Å². The fourth-order valence-electron chi connectivity index (χ4n) is 1.95. The molecule has 0 radical (unpaired) electrons. The van der Waals surface area contributed by atoms with Gasteiger partial charge in [-0.15, -0.1) is 0 Å². The van der Waals surface area contributed by atoms with E-state index in [0.29, 0.717) is 21.3 Å². The molecule has 8 heteroatoms. The van der Waals surface area contributed by atoms with Crippen LogP contribution in [0.1, 0.15) is 5.69 Å². The van der Waals surface area contributed by atoms with E-state index in [9.17, 15) is 0 Å². The smallest absolute Gasteiger partial charge is 0.223 e. The molecular formula is C13H9Cl2N5S. The van der Waals surface area contributed by atoms with E-state index in [-0.39, 0.29) is 5.28 Å². The third kappa shape index (κ3) is 2.83. The van der Waals surface area contributed by atoms with Crippen LogP contribution in [0.2, 0.25) is 10.3 Å². The van der Waals surface area contributed by atoms with Crippen LogP contribution in [0.4, 0.5) is 0 Å². The monoisotopic (exact) mass is 337 g/mol. The molecule has 1 aromatic carbocycles. The lowest BCUT2D eigenvalue weighted by molar-refractivity contribution is 1.02. The van der Waals surface area contributed by atoms with Gasteiger partial charge in [-0.3, -0.25) is 9.67 Å². The Morgan fingerprint density at radius 2 is 1.86 bits per heavy atom. The Hall–Kier alpha value is -1.76. The summed E-state index contributed by atoms with van der Waals surface area (Å²) in [7, 11) is 0. The number of rotatable bonds is 2. The number of benzene rings is 1. The average molecular weight is 338 g/mol. The standard InChI is InChI=1S/C13H9Cl2N5S/c1-7-6-10(17-12(15)16-7)11-18-19-13(21)20(11)9-4-2-8(14)3-5-9/h2-6H,1H3,(H,19,21). The summed E-state index contributed by atoms with van der Waals surface area (Å²) in [6, 6.07) is 9.07. The molecule has 21 heavy (non-hydrogen) atoms. The number of aromatic nitrogens is 5. The maximum atomic E-state index is 5.91. The molecule has 0 unspecified atom stereocenters. The SMILES string of the molecule is Cc1cc(-c2n[nH]c(=S)n2-c2ccc(Cl)cc2)nc(Cl)n1. The maximum Gasteiger partial charge on any atom is 0.223 e. The summed E-state index contributed by atoms with van der Waals surface area (Å²) in [5, 5.41) is 7.82. The predicted octanol–water partition coefficient (Wildman–Crippen LogP) is 4.00. The van der Waals surface area contributed by atoms with Crippen molar-refractivity contribution in [1.82, 2.24) is 24.7 Å². The first kappa shape index (κ1) is 14.2. The molecule has 2 aromatic heterocycles. The lowest BCUT2D eigenvalue weighted by Gasteiger charge is -2.07. The van der Waals surface area contributed by atoms with Gasteiger partial charge < -0.3 is 0 Å². The number of halogens is 2. The molecule has 1 N–H and O–H groups in total. The van der Waals surface area contributed by atoms with E-state index in [1.54, 1.807) is 22.8 Å². The Labute approximate surface area is 135 Å². The van der Waals surface area contributed by atoms with Crippen LogP contribution in [-0.4, -0.2) is 24.7 Å². The van der Waals surface area contributed by atoms with Gasteiger partial charge in [0.25, 0.3) is 0 Å². The van der Waals surface area contributed by atoms with Crippen molar-refractivity contribution in [2.45, 2.75) is 6.92 Å². The minimum Gasteiger partial charge on any atom is -0.267 e. The van der Waals surface area contributed by atoms with E-state index in [2.05, 4.69) is 20.2 Å². The summed E-state index contributed by atoms with van der Waals surface area (Å²) < 4.78 is 2.23. The molecule has 0 spiro atoms. The Morgan fingerprint density at radius 1 is 1.14 bits per heavy atom. The molecule has 3 rings (SSSR count). The van der Waals surface area contributed by atoms with E-state index in [0.717, 1.165) is 11.4 Å². The number of hydrogen-bond acceptors (Lipinski definition) is 4. The Morgan fingerprint density at radius 3 is 2.52 bits per heavy atom. The molecule has 0 aliphatic rings. The maximum absolute atomic E-state index is 5.91. The topological polar surface area (TPSA) is 59.4 Å². The molecule has 0 saturated carbocycles. The van der Waals surface area contributed by atoms with E-state index < -0.39 is 0 Å². The van der Waals surface area contributed by atoms with E-state index in [1.807, 2.05) is 19.1 Å². The average Bonchev–Trinajstić information content (AvgIpc) is 2.80. The van der Waals surface area contributed by atoms with Crippen molar-refractivity contribution in [3.8, 4) is 17.2 Å². The van der Waals surface area contributed by atoms with Crippen molar-refractivity contribution in [2.75, 3.05) is 0 Å². The van der Waals surface area contributed by atoms with Gasteiger partial charge in [0.05, 0.1) is 5.69 Å². The predicted molar refractivity (Wildman–Crippen MR) is 84.5 cm³/mol. The number of H-pyrrole nitrogens is 1. The van der Waals surface area contributed by atoms with Gasteiger partial charge in [-0.1, -0.05) is 11.6 Å². The van der Waals surface area contributed by atoms with Crippen LogP contribution < -0.4 is 0 Å². The van der Waals surface area contributed by atoms with Crippen molar-refractivity contribution in [3.63, 3.8) is 0 Å². The zero-order valence-corrected chi connectivity index (χ0v) is 13.2. The molecule has 0 fully saturated rings. The molecule has 3 aromatic rings. The first-order valence-corrected chi connectivity index (χ1v) is 7.16. The summed E-state index contributed by atoms with van der Waals surface area (Å²) in [6.45, 7) is 1.84. The lowest BCUT2D eigenvalue weighted by atomic mass is 10.3. The molecule has 106 valence electrons. The van der Waals surface area contributed by atoms with Crippen LogP contribution in [0.15, 0.2) is 30.3 Å². The highest BCUT2D eigenvalue weighted by Crippen LogP contribution is 2.22. The number of nitrogens with zero attached hydrogens (tertiary/aromatic N) is 4. The molecule has 2 heterocycles. The number of aryl methyl sites for hydroxylation is 1. The molecule has 0 bridgehead atoms. The van der Waals surface area contributed by atoms with E-state index >= 15 is 0 Å². The molecule has 0 aliphatic heterocycles. The molecular weight excluding hydrogens is 329 g/mol. The second kappa shape index (κ2) is 5.55. The first-order valence-electron chi connectivity index (χ1n) is 5.99. The first-order chi connectivity index (χ1) is 10.0. The Balaban J connectivity index is 2.21. The number of nitrogens with one attached hydrogen (secondary N) is 1. The van der Waals surface area contributed by atoms with Gasteiger partial charge in [-0.05, 0) is 61.1 Å². The van der Waals surface area contributed by atoms with Crippen LogP contribution in [0.5, 0.6) is 0 Å². The highest BCUT2D eigenvalue weighted by Gasteiger charge is 2.13. The summed E-state index contributed by atoms with van der Waals surface area (Å²) in [5.74, 6) is 0.565. The van der Waals surface area contributed by atoms with Gasteiger partial charge in [-0.2, -0.15) is 5.10 Å². The lowest BCUT2D eigenvalue weighted by Crippen LogP contribution is -2.00. The van der Waals surface area contributed by atoms with Gasteiger partial charge in [0.1, 0.15) is 5.69 Å². The van der Waals surface area contributed by atoms with Crippen molar-refractivity contribution in [2.24, 2.45) is 0 Å². The summed E-state index contributed by atoms with van der Waals surface area (Å²) >= 11 is 17.1. The van der Waals surface area contributed by atoms with Crippen LogP contribution >= 0.6 is 35.4 Å². The summed E-state index contributed by atoms with van der Waals surface area (Å²) in [6.07, 6.45) is 0. The highest BCUT2D eigenvalue weighted by atomic mass is 35.5. The fourth-order valence-corrected chi connectivity index (χ4v) is 2.53. The Bertz CT molecular complexity index is 833. The normalized spacial score (nSPS) is 10.8. The number of aromatic amines is 1. The Kier molecular flexibility index (Phi) is 3.75. The second-order valence-electron chi connectivity index (χ2n) is 4.33. The molecule has 0 atom stereocenters. The minimum atomic E-state index is 0.168. The van der Waals surface area contributed by atoms with Gasteiger partial charge in [0.15, 0.2) is 10.6 Å². The molecule has 0 amide bonds. The quantitative estimate of drug-likeness (QED) is 0.567. The van der Waals surface area contributed by atoms with Crippen molar-refractivity contribution in [1.29, 1.82) is 0 Å². The van der Waals surface area contributed by atoms with Crippen molar-refractivity contribution < 1.29 is 0 Å². The summed E-state index contributed by atoms with van der Waals surface area (Å²) in [5.41, 5.74) is 2.18. The van der Waals surface area contributed by atoms with Crippen LogP contribution in [0.3, 0.4) is 0 Å². The van der Waals surface area contributed by atoms with Crippen molar-refractivity contribution in [3.05, 3.63) is 51.1 Å². The van der Waals surface area contributed by atoms with Crippen LogP contribution in [0.25, 0.3) is 17.2 Å². The molecule has 5 nitrogen and oxygen atoms in total. The second-order valence-corrected chi connectivity index (χ2v) is 5.49. The zero-order valence-electron chi connectivity index (χ0n) is 10.8. The molecule has 0 saturated heterocycles. The minimum absolute atomic E-state index is 0.168. The molecule has 0 aliphatic carbocycles. The zero-order chi connectivity index (χ0) is 15.0. The third-order valence-corrected chi connectivity index (χ3v) is 3.51. The van der Waals surface area contributed by atoms with Gasteiger partial charge in [-0.25, -0.2) is 9.97 Å². The third-order valence-electron chi connectivity index (χ3n) is 2.81. The van der Waals surface area contributed by atoms with Crippen molar-refractivity contribution >= 4 is 35.4 Å². The van der Waals surface area contributed by atoms with Gasteiger partial charge >= 0.3 is 0 Å². The van der Waals surface area contributed by atoms with Gasteiger partial charge in [0.2, 0.25) is 5.28 Å².